The molecule has 4 N–H and O–H groups in total. The van der Waals surface area contributed by atoms with Gasteiger partial charge >= 0.3 is 5.97 Å². The summed E-state index contributed by atoms with van der Waals surface area (Å²) in [6.45, 7) is 0. The molecule has 4 aromatic rings. The highest BCUT2D eigenvalue weighted by molar-refractivity contribution is 6.38. The summed E-state index contributed by atoms with van der Waals surface area (Å²) in [5.41, 5.74) is 10.1. The van der Waals surface area contributed by atoms with Crippen molar-refractivity contribution in [1.29, 1.82) is 0 Å². The van der Waals surface area contributed by atoms with E-state index in [0.717, 1.165) is 46.5 Å². The summed E-state index contributed by atoms with van der Waals surface area (Å²) >= 11 is 0. The molecule has 0 aliphatic heterocycles. The third-order valence-electron chi connectivity index (χ3n) is 6.00. The number of anilines is 1. The Balaban J connectivity index is 1.63. The van der Waals surface area contributed by atoms with Gasteiger partial charge in [0.05, 0.1) is 11.6 Å². The van der Waals surface area contributed by atoms with Gasteiger partial charge in [-0.3, -0.25) is 9.20 Å². The fraction of sp³-hybridized carbons (Fsp3) is 0.286. The first kappa shape index (κ1) is 17.8. The van der Waals surface area contributed by atoms with Gasteiger partial charge in [-0.2, -0.15) is 0 Å². The van der Waals surface area contributed by atoms with E-state index in [-0.39, 0.29) is 11.8 Å². The first-order chi connectivity index (χ1) is 14.0. The Morgan fingerprint density at radius 3 is 2.79 bits per heavy atom. The van der Waals surface area contributed by atoms with Gasteiger partial charge in [-0.05, 0) is 37.1 Å². The average Bonchev–Trinajstić information content (AvgIpc) is 3.31. The predicted molar refractivity (Wildman–Crippen MR) is 112 cm³/mol. The van der Waals surface area contributed by atoms with E-state index in [1.165, 1.54) is 0 Å². The molecule has 0 spiro atoms. The molecule has 0 atom stereocenters. The van der Waals surface area contributed by atoms with Crippen molar-refractivity contribution in [2.45, 2.75) is 31.6 Å². The van der Waals surface area contributed by atoms with Crippen LogP contribution in [-0.4, -0.2) is 38.3 Å². The molecule has 1 aliphatic carbocycles. The number of nitrogens with two attached hydrogens (primary N) is 1. The number of benzene rings is 1. The van der Waals surface area contributed by atoms with Crippen molar-refractivity contribution < 1.29 is 9.90 Å². The van der Waals surface area contributed by atoms with Gasteiger partial charge in [0.2, 0.25) is 0 Å². The Hall–Kier alpha value is -3.29. The van der Waals surface area contributed by atoms with E-state index in [2.05, 4.69) is 9.97 Å². The number of carboxylic acid groups (broad SMARTS) is 1. The van der Waals surface area contributed by atoms with Crippen LogP contribution < -0.4 is 11.2 Å². The van der Waals surface area contributed by atoms with Gasteiger partial charge in [0, 0.05) is 23.8 Å². The lowest BCUT2D eigenvalue weighted by Gasteiger charge is -2.25. The fourth-order valence-corrected chi connectivity index (χ4v) is 4.47. The minimum Gasteiger partial charge on any atom is -0.481 e. The second kappa shape index (κ2) is 6.65. The van der Waals surface area contributed by atoms with Crippen molar-refractivity contribution in [2.75, 3.05) is 5.73 Å². The van der Waals surface area contributed by atoms with E-state index < -0.39 is 5.97 Å². The number of imidazole rings is 1. The lowest BCUT2D eigenvalue weighted by atomic mass is 9.81. The third kappa shape index (κ3) is 2.87. The van der Waals surface area contributed by atoms with Crippen LogP contribution in [0.4, 0.5) is 5.82 Å². The molecular formula is C21H20BN5O2. The number of aromatic nitrogens is 4. The Morgan fingerprint density at radius 2 is 2.07 bits per heavy atom. The van der Waals surface area contributed by atoms with Crippen molar-refractivity contribution in [3.05, 3.63) is 42.5 Å². The van der Waals surface area contributed by atoms with Crippen LogP contribution in [0.1, 0.15) is 37.4 Å². The highest BCUT2D eigenvalue weighted by Crippen LogP contribution is 2.38. The minimum absolute atomic E-state index is 0.183. The quantitative estimate of drug-likeness (QED) is 0.470. The van der Waals surface area contributed by atoms with Gasteiger partial charge in [-0.1, -0.05) is 23.7 Å². The number of aliphatic carboxylic acids is 1. The SMILES string of the molecule is [B]c1cccc2cc(-c3nc(C4CCC(C(=O)O)CC4)n4ccnc(N)c34)[nH]c12. The molecule has 1 fully saturated rings. The van der Waals surface area contributed by atoms with Crippen LogP contribution in [0.5, 0.6) is 0 Å². The number of carboxylic acids is 1. The molecule has 0 amide bonds. The predicted octanol–water partition coefficient (Wildman–Crippen LogP) is 2.61. The number of rotatable bonds is 3. The van der Waals surface area contributed by atoms with Gasteiger partial charge in [-0.15, -0.1) is 0 Å². The van der Waals surface area contributed by atoms with Gasteiger partial charge < -0.3 is 15.8 Å². The number of nitrogens with one attached hydrogen (secondary N) is 1. The van der Waals surface area contributed by atoms with E-state index >= 15 is 0 Å². The Morgan fingerprint density at radius 1 is 1.28 bits per heavy atom. The second-order valence-electron chi connectivity index (χ2n) is 7.73. The van der Waals surface area contributed by atoms with E-state index in [4.69, 9.17) is 18.6 Å². The maximum Gasteiger partial charge on any atom is 0.306 e. The number of aromatic amines is 1. The van der Waals surface area contributed by atoms with E-state index in [9.17, 15) is 9.90 Å². The molecule has 5 rings (SSSR count). The summed E-state index contributed by atoms with van der Waals surface area (Å²) in [6, 6.07) is 7.80. The largest absolute Gasteiger partial charge is 0.481 e. The normalized spacial score (nSPS) is 19.7. The Labute approximate surface area is 168 Å². The van der Waals surface area contributed by atoms with Gasteiger partial charge in [0.1, 0.15) is 30.7 Å². The molecule has 29 heavy (non-hydrogen) atoms. The smallest absolute Gasteiger partial charge is 0.306 e. The number of hydrogen-bond donors (Lipinski definition) is 3. The van der Waals surface area contributed by atoms with E-state index in [0.29, 0.717) is 24.1 Å². The number of fused-ring (bicyclic) bond motifs is 2. The lowest BCUT2D eigenvalue weighted by Crippen LogP contribution is -2.21. The number of nitrogens with zero attached hydrogens (tertiary/aromatic N) is 3. The Kier molecular flexibility index (Phi) is 4.08. The fourth-order valence-electron chi connectivity index (χ4n) is 4.47. The molecule has 0 unspecified atom stereocenters. The molecule has 8 heteroatoms. The molecule has 1 aromatic carbocycles. The number of nitrogen functional groups attached to an aromatic ring is 1. The summed E-state index contributed by atoms with van der Waals surface area (Å²) in [7, 11) is 6.11. The summed E-state index contributed by atoms with van der Waals surface area (Å²) in [6.07, 6.45) is 6.44. The minimum atomic E-state index is -0.707. The van der Waals surface area contributed by atoms with E-state index in [1.54, 1.807) is 6.20 Å². The van der Waals surface area contributed by atoms with Crippen molar-refractivity contribution in [1.82, 2.24) is 19.4 Å². The first-order valence-corrected chi connectivity index (χ1v) is 9.75. The lowest BCUT2D eigenvalue weighted by molar-refractivity contribution is -0.142. The van der Waals surface area contributed by atoms with Crippen molar-refractivity contribution in [3.8, 4) is 11.4 Å². The van der Waals surface area contributed by atoms with Crippen molar-refractivity contribution >= 4 is 41.5 Å². The molecule has 2 radical (unpaired) electrons. The third-order valence-corrected chi connectivity index (χ3v) is 6.00. The Bertz CT molecular complexity index is 1240. The van der Waals surface area contributed by atoms with E-state index in [1.807, 2.05) is 34.9 Å². The average molecular weight is 385 g/mol. The summed E-state index contributed by atoms with van der Waals surface area (Å²) in [5, 5.41) is 10.3. The molecule has 3 heterocycles. The van der Waals surface area contributed by atoms with Gasteiger partial charge in [0.25, 0.3) is 0 Å². The number of carbonyl (C=O) groups is 1. The molecular weight excluding hydrogens is 365 g/mol. The highest BCUT2D eigenvalue weighted by Gasteiger charge is 2.30. The monoisotopic (exact) mass is 385 g/mol. The number of para-hydroxylation sites is 1. The maximum atomic E-state index is 11.3. The van der Waals surface area contributed by atoms with Crippen LogP contribution in [0.25, 0.3) is 27.8 Å². The summed E-state index contributed by atoms with van der Waals surface area (Å²) < 4.78 is 2.00. The number of H-pyrrole nitrogens is 1. The zero-order chi connectivity index (χ0) is 20.1. The molecule has 3 aromatic heterocycles. The van der Waals surface area contributed by atoms with Crippen LogP contribution in [0.15, 0.2) is 36.7 Å². The van der Waals surface area contributed by atoms with Crippen LogP contribution in [-0.2, 0) is 4.79 Å². The standard InChI is InChI=1S/C21H20BN5O2/c22-14-3-1-2-13-10-15(25-16(13)14)17-18-19(23)24-8-9-27(18)20(26-17)11-4-6-12(7-5-11)21(28)29/h1-3,8-12,25H,4-7H2,(H2,23,24)(H,28,29). The summed E-state index contributed by atoms with van der Waals surface area (Å²) in [5.74, 6) is 0.524. The van der Waals surface area contributed by atoms with Gasteiger partial charge in [0.15, 0.2) is 0 Å². The zero-order valence-corrected chi connectivity index (χ0v) is 15.8. The number of hydrogen-bond acceptors (Lipinski definition) is 4. The maximum absolute atomic E-state index is 11.3. The second-order valence-corrected chi connectivity index (χ2v) is 7.73. The first-order valence-electron chi connectivity index (χ1n) is 9.75. The summed E-state index contributed by atoms with van der Waals surface area (Å²) in [4.78, 5) is 23.9. The zero-order valence-electron chi connectivity index (χ0n) is 15.8. The van der Waals surface area contributed by atoms with Gasteiger partial charge in [-0.25, -0.2) is 9.97 Å². The topological polar surface area (TPSA) is 109 Å². The van der Waals surface area contributed by atoms with Crippen LogP contribution in [0.2, 0.25) is 0 Å². The molecule has 0 saturated heterocycles. The van der Waals surface area contributed by atoms with Crippen LogP contribution in [0, 0.1) is 5.92 Å². The molecule has 1 aliphatic rings. The molecule has 1 saturated carbocycles. The van der Waals surface area contributed by atoms with Crippen LogP contribution >= 0.6 is 0 Å². The van der Waals surface area contributed by atoms with Crippen molar-refractivity contribution in [3.63, 3.8) is 0 Å². The van der Waals surface area contributed by atoms with Crippen molar-refractivity contribution in [2.24, 2.45) is 5.92 Å². The molecule has 144 valence electrons. The molecule has 0 bridgehead atoms. The highest BCUT2D eigenvalue weighted by atomic mass is 16.4. The molecule has 7 nitrogen and oxygen atoms in total. The van der Waals surface area contributed by atoms with Crippen LogP contribution in [0.3, 0.4) is 0 Å².